The molecule has 0 saturated carbocycles. The summed E-state index contributed by atoms with van der Waals surface area (Å²) in [5, 5.41) is 8.86. The van der Waals surface area contributed by atoms with Gasteiger partial charge in [-0.3, -0.25) is 19.2 Å². The van der Waals surface area contributed by atoms with Gasteiger partial charge in [-0.2, -0.15) is 0 Å². The van der Waals surface area contributed by atoms with Crippen molar-refractivity contribution in [2.75, 3.05) is 41.4 Å². The number of methoxy groups -OCH3 is 2. The Kier molecular flexibility index (Phi) is 16.1. The summed E-state index contributed by atoms with van der Waals surface area (Å²) in [5.41, 5.74) is 1.15. The number of hydrogen-bond donors (Lipinski definition) is 3. The first-order valence-corrected chi connectivity index (χ1v) is 16.7. The molecule has 1 heterocycles. The summed E-state index contributed by atoms with van der Waals surface area (Å²) in [6.07, 6.45) is 1.27. The zero-order valence-electron chi connectivity index (χ0n) is 29.7. The van der Waals surface area contributed by atoms with Crippen molar-refractivity contribution in [1.29, 1.82) is 0 Å². The van der Waals surface area contributed by atoms with Crippen molar-refractivity contribution in [3.63, 3.8) is 0 Å². The van der Waals surface area contributed by atoms with Crippen LogP contribution in [0.5, 0.6) is 0 Å². The van der Waals surface area contributed by atoms with Crippen molar-refractivity contribution in [2.24, 2.45) is 17.8 Å². The largest absolute Gasteiger partial charge is 0.379 e. The number of nitrogens with zero attached hydrogens (tertiary/aromatic N) is 2. The minimum absolute atomic E-state index is 0.0311. The Hall–Kier alpha value is -3.02. The maximum absolute atomic E-state index is 13.7. The van der Waals surface area contributed by atoms with Crippen molar-refractivity contribution >= 4 is 23.6 Å². The van der Waals surface area contributed by atoms with Crippen LogP contribution >= 0.6 is 0 Å². The summed E-state index contributed by atoms with van der Waals surface area (Å²) in [6.45, 7) is 12.2. The molecular formula is C35H59N5O6. The van der Waals surface area contributed by atoms with E-state index in [4.69, 9.17) is 9.47 Å². The summed E-state index contributed by atoms with van der Waals surface area (Å²) in [7, 11) is 6.56. The van der Waals surface area contributed by atoms with Gasteiger partial charge in [0.25, 0.3) is 0 Å². The second-order valence-electron chi connectivity index (χ2n) is 13.1. The van der Waals surface area contributed by atoms with E-state index in [-0.39, 0.29) is 66.6 Å². The second-order valence-corrected chi connectivity index (χ2v) is 13.1. The maximum Gasteiger partial charge on any atom is 0.242 e. The van der Waals surface area contributed by atoms with Gasteiger partial charge in [-0.25, -0.2) is 0 Å². The lowest BCUT2D eigenvalue weighted by Crippen LogP contribution is -2.61. The Bertz CT molecular complexity index is 1120. The highest BCUT2D eigenvalue weighted by molar-refractivity contribution is 5.87. The molecule has 11 nitrogen and oxygen atoms in total. The molecule has 1 aliphatic heterocycles. The third-order valence-electron chi connectivity index (χ3n) is 9.52. The summed E-state index contributed by atoms with van der Waals surface area (Å²) < 4.78 is 11.7. The van der Waals surface area contributed by atoms with Gasteiger partial charge in [0.05, 0.1) is 49.2 Å². The van der Waals surface area contributed by atoms with E-state index in [2.05, 4.69) is 16.0 Å². The average Bonchev–Trinajstić information content (AvgIpc) is 3.01. The molecule has 0 bridgehead atoms. The van der Waals surface area contributed by atoms with Crippen LogP contribution in [0.25, 0.3) is 0 Å². The molecule has 11 heteroatoms. The van der Waals surface area contributed by atoms with Crippen molar-refractivity contribution in [1.82, 2.24) is 25.8 Å². The molecule has 1 aromatic rings. The third-order valence-corrected chi connectivity index (χ3v) is 9.52. The lowest BCUT2D eigenvalue weighted by molar-refractivity contribution is -0.155. The summed E-state index contributed by atoms with van der Waals surface area (Å²) in [5.74, 6) is -1.07. The van der Waals surface area contributed by atoms with Crippen molar-refractivity contribution in [3.8, 4) is 0 Å². The third kappa shape index (κ3) is 10.5. The minimum atomic E-state index is -0.561. The van der Waals surface area contributed by atoms with Crippen LogP contribution in [0, 0.1) is 17.8 Å². The van der Waals surface area contributed by atoms with E-state index in [1.165, 1.54) is 0 Å². The highest BCUT2D eigenvalue weighted by Crippen LogP contribution is 2.30. The van der Waals surface area contributed by atoms with E-state index in [0.717, 1.165) is 24.8 Å². The highest BCUT2D eigenvalue weighted by Gasteiger charge is 2.44. The topological polar surface area (TPSA) is 129 Å². The zero-order chi connectivity index (χ0) is 34.6. The molecule has 0 aliphatic carbocycles. The molecule has 0 aromatic heterocycles. The predicted octanol–water partition coefficient (Wildman–Crippen LogP) is 2.62. The van der Waals surface area contributed by atoms with Gasteiger partial charge in [0.1, 0.15) is 0 Å². The minimum Gasteiger partial charge on any atom is -0.379 e. The molecule has 4 amide bonds. The van der Waals surface area contributed by atoms with Gasteiger partial charge in [-0.05, 0) is 44.2 Å². The molecule has 1 saturated heterocycles. The van der Waals surface area contributed by atoms with Crippen LogP contribution in [0.1, 0.15) is 66.4 Å². The van der Waals surface area contributed by atoms with Crippen molar-refractivity contribution in [3.05, 3.63) is 35.9 Å². The predicted molar refractivity (Wildman–Crippen MR) is 180 cm³/mol. The SMILES string of the molecule is CCC(C)C(C(CC(=O)N1CCC1C(OC)C(C)C(=O)NC(C)Cc1ccccc1)OC)N(C)C(=O)CNC(=O)C(NC)C(C)C. The van der Waals surface area contributed by atoms with Gasteiger partial charge in [0, 0.05) is 33.9 Å². The van der Waals surface area contributed by atoms with Gasteiger partial charge in [0.15, 0.2) is 0 Å². The molecule has 0 spiro atoms. The second kappa shape index (κ2) is 19.0. The molecule has 8 unspecified atom stereocenters. The fourth-order valence-corrected chi connectivity index (χ4v) is 6.50. The number of hydrogen-bond acceptors (Lipinski definition) is 7. The maximum atomic E-state index is 13.7. The van der Waals surface area contributed by atoms with Gasteiger partial charge in [0.2, 0.25) is 23.6 Å². The molecule has 1 aliphatic rings. The van der Waals surface area contributed by atoms with Gasteiger partial charge in [-0.15, -0.1) is 0 Å². The van der Waals surface area contributed by atoms with Gasteiger partial charge >= 0.3 is 0 Å². The monoisotopic (exact) mass is 645 g/mol. The Morgan fingerprint density at radius 2 is 1.65 bits per heavy atom. The van der Waals surface area contributed by atoms with Crippen LogP contribution in [0.4, 0.5) is 0 Å². The number of likely N-dealkylation sites (N-methyl/N-ethyl adjacent to an activating group) is 2. The first-order valence-electron chi connectivity index (χ1n) is 16.7. The molecule has 3 N–H and O–H groups in total. The Morgan fingerprint density at radius 3 is 2.15 bits per heavy atom. The van der Waals surface area contributed by atoms with Crippen LogP contribution in [-0.2, 0) is 35.1 Å². The molecule has 1 aromatic carbocycles. The standard InChI is InChI=1S/C35H59N5O6/c1-11-23(4)32(39(8)30(42)21-37-35(44)31(36-7)22(2)3)28(45-9)20-29(41)40-18-17-27(40)33(46-10)25(6)34(43)38-24(5)19-26-15-13-12-14-16-26/h12-16,22-25,27-28,31-33,36H,11,17-21H2,1-10H3,(H,37,44)(H,38,43). The van der Waals surface area contributed by atoms with E-state index < -0.39 is 24.2 Å². The van der Waals surface area contributed by atoms with Crippen LogP contribution in [0.2, 0.25) is 0 Å². The van der Waals surface area contributed by atoms with E-state index in [0.29, 0.717) is 6.54 Å². The molecule has 2 rings (SSSR count). The van der Waals surface area contributed by atoms with E-state index >= 15 is 0 Å². The van der Waals surface area contributed by atoms with Gasteiger partial charge < -0.3 is 35.2 Å². The number of rotatable bonds is 19. The number of carbonyl (C=O) groups is 4. The normalized spacial score (nSPS) is 19.2. The average molecular weight is 646 g/mol. The van der Waals surface area contributed by atoms with Crippen LogP contribution in [-0.4, -0.2) is 111 Å². The summed E-state index contributed by atoms with van der Waals surface area (Å²) in [4.78, 5) is 56.2. The molecule has 8 atom stereocenters. The smallest absolute Gasteiger partial charge is 0.242 e. The lowest BCUT2D eigenvalue weighted by atomic mass is 9.86. The first-order chi connectivity index (χ1) is 21.8. The Labute approximate surface area is 276 Å². The number of nitrogens with one attached hydrogen (secondary N) is 3. The van der Waals surface area contributed by atoms with Gasteiger partial charge in [-0.1, -0.05) is 71.4 Å². The molecule has 1 fully saturated rings. The van der Waals surface area contributed by atoms with E-state index in [9.17, 15) is 19.2 Å². The number of likely N-dealkylation sites (tertiary alicyclic amines) is 1. The highest BCUT2D eigenvalue weighted by atomic mass is 16.5. The van der Waals surface area contributed by atoms with Crippen LogP contribution in [0.3, 0.4) is 0 Å². The number of ether oxygens (including phenoxy) is 2. The first kappa shape index (κ1) is 39.2. The fraction of sp³-hybridized carbons (Fsp3) is 0.714. The van der Waals surface area contributed by atoms with E-state index in [1.54, 1.807) is 38.1 Å². The van der Waals surface area contributed by atoms with E-state index in [1.807, 2.05) is 71.9 Å². The number of amides is 4. The summed E-state index contributed by atoms with van der Waals surface area (Å²) in [6, 6.07) is 8.94. The zero-order valence-corrected chi connectivity index (χ0v) is 29.7. The molecular weight excluding hydrogens is 586 g/mol. The van der Waals surface area contributed by atoms with Crippen LogP contribution < -0.4 is 16.0 Å². The van der Waals surface area contributed by atoms with Crippen molar-refractivity contribution in [2.45, 2.75) is 104 Å². The number of benzene rings is 1. The molecule has 0 radical (unpaired) electrons. The van der Waals surface area contributed by atoms with Crippen molar-refractivity contribution < 1.29 is 28.7 Å². The van der Waals surface area contributed by atoms with Crippen LogP contribution in [0.15, 0.2) is 30.3 Å². The quantitative estimate of drug-likeness (QED) is 0.211. The molecule has 46 heavy (non-hydrogen) atoms. The Morgan fingerprint density at radius 1 is 1.00 bits per heavy atom. The fourth-order valence-electron chi connectivity index (χ4n) is 6.50. The summed E-state index contributed by atoms with van der Waals surface area (Å²) >= 11 is 0. The lowest BCUT2D eigenvalue weighted by Gasteiger charge is -2.47. The number of carbonyl (C=O) groups excluding carboxylic acids is 4. The molecule has 260 valence electrons. The Balaban J connectivity index is 2.07.